The third kappa shape index (κ3) is 2.72. The van der Waals surface area contributed by atoms with Crippen molar-refractivity contribution < 1.29 is 0 Å². The second-order valence-corrected chi connectivity index (χ2v) is 6.81. The van der Waals surface area contributed by atoms with Gasteiger partial charge < -0.3 is 10.2 Å². The van der Waals surface area contributed by atoms with Crippen LogP contribution in [0, 0.1) is 5.92 Å². The third-order valence-electron chi connectivity index (χ3n) is 5.19. The summed E-state index contributed by atoms with van der Waals surface area (Å²) < 4.78 is 0. The van der Waals surface area contributed by atoms with E-state index < -0.39 is 0 Å². The first-order valence-electron chi connectivity index (χ1n) is 8.51. The van der Waals surface area contributed by atoms with Gasteiger partial charge in [0.25, 0.3) is 0 Å². The van der Waals surface area contributed by atoms with Crippen molar-refractivity contribution in [2.45, 2.75) is 64.3 Å². The molecule has 1 aromatic rings. The van der Waals surface area contributed by atoms with E-state index in [1.165, 1.54) is 49.9 Å². The summed E-state index contributed by atoms with van der Waals surface area (Å²) in [6.07, 6.45) is 10.00. The highest BCUT2D eigenvalue weighted by molar-refractivity contribution is 5.61. The molecule has 2 fully saturated rings. The van der Waals surface area contributed by atoms with Crippen molar-refractivity contribution in [2.24, 2.45) is 5.92 Å². The summed E-state index contributed by atoms with van der Waals surface area (Å²) >= 11 is 0. The maximum atomic E-state index is 4.69. The largest absolute Gasteiger partial charge is 0.373 e. The Bertz CT molecular complexity index is 480. The fraction of sp³-hybridized carbons (Fsp3) is 0.765. The fourth-order valence-electron chi connectivity index (χ4n) is 4.23. The first-order valence-corrected chi connectivity index (χ1v) is 8.51. The number of nitrogens with one attached hydrogen (secondary N) is 1. The molecule has 0 amide bonds. The lowest BCUT2D eigenvalue weighted by Gasteiger charge is -2.32. The van der Waals surface area contributed by atoms with Crippen LogP contribution in [0.3, 0.4) is 0 Å². The van der Waals surface area contributed by atoms with Crippen LogP contribution < -0.4 is 10.2 Å². The maximum Gasteiger partial charge on any atom is 0.137 e. The van der Waals surface area contributed by atoms with Gasteiger partial charge in [0.15, 0.2) is 0 Å². The van der Waals surface area contributed by atoms with Crippen molar-refractivity contribution in [3.63, 3.8) is 0 Å². The second kappa shape index (κ2) is 6.20. The Labute approximate surface area is 128 Å². The molecule has 1 aliphatic carbocycles. The minimum Gasteiger partial charge on any atom is -0.373 e. The summed E-state index contributed by atoms with van der Waals surface area (Å²) in [6.45, 7) is 5.63. The van der Waals surface area contributed by atoms with Crippen LogP contribution in [-0.4, -0.2) is 29.6 Å². The quantitative estimate of drug-likeness (QED) is 0.915. The van der Waals surface area contributed by atoms with Gasteiger partial charge in [-0.2, -0.15) is 0 Å². The zero-order valence-corrected chi connectivity index (χ0v) is 13.6. The molecule has 3 rings (SSSR count). The van der Waals surface area contributed by atoms with Crippen LogP contribution in [0.4, 0.5) is 11.6 Å². The van der Waals surface area contributed by atoms with Crippen molar-refractivity contribution in [3.05, 3.63) is 11.9 Å². The van der Waals surface area contributed by atoms with E-state index in [1.807, 2.05) is 7.05 Å². The fourth-order valence-corrected chi connectivity index (χ4v) is 4.23. The molecule has 21 heavy (non-hydrogen) atoms. The van der Waals surface area contributed by atoms with Crippen molar-refractivity contribution >= 4 is 11.6 Å². The van der Waals surface area contributed by atoms with Crippen molar-refractivity contribution in [3.8, 4) is 0 Å². The van der Waals surface area contributed by atoms with E-state index in [4.69, 9.17) is 0 Å². The number of nitrogens with zero attached hydrogens (tertiary/aromatic N) is 3. The summed E-state index contributed by atoms with van der Waals surface area (Å²) in [5.41, 5.74) is 1.28. The summed E-state index contributed by atoms with van der Waals surface area (Å²) in [5, 5.41) is 3.25. The van der Waals surface area contributed by atoms with Gasteiger partial charge in [-0.1, -0.05) is 26.7 Å². The Morgan fingerprint density at radius 1 is 1.14 bits per heavy atom. The molecular formula is C17H28N4. The summed E-state index contributed by atoms with van der Waals surface area (Å²) in [6, 6.07) is 0.699. The van der Waals surface area contributed by atoms with Gasteiger partial charge in [-0.05, 0) is 37.5 Å². The second-order valence-electron chi connectivity index (χ2n) is 6.81. The average Bonchev–Trinajstić information content (AvgIpc) is 3.16. The molecule has 116 valence electrons. The zero-order chi connectivity index (χ0) is 14.8. The number of hydrogen-bond acceptors (Lipinski definition) is 4. The number of aromatic nitrogens is 2. The van der Waals surface area contributed by atoms with Crippen molar-refractivity contribution in [1.82, 2.24) is 9.97 Å². The van der Waals surface area contributed by atoms with Crippen LogP contribution in [0.15, 0.2) is 6.33 Å². The minimum absolute atomic E-state index is 0.438. The molecule has 1 aliphatic heterocycles. The molecule has 0 bridgehead atoms. The third-order valence-corrected chi connectivity index (χ3v) is 5.19. The van der Waals surface area contributed by atoms with Crippen LogP contribution in [0.2, 0.25) is 0 Å². The Morgan fingerprint density at radius 3 is 2.57 bits per heavy atom. The molecule has 1 saturated carbocycles. The van der Waals surface area contributed by atoms with Crippen LogP contribution in [-0.2, 0) is 0 Å². The maximum absolute atomic E-state index is 4.69. The summed E-state index contributed by atoms with van der Waals surface area (Å²) in [5.74, 6) is 3.49. The Balaban J connectivity index is 1.94. The molecule has 4 nitrogen and oxygen atoms in total. The van der Waals surface area contributed by atoms with Gasteiger partial charge in [-0.3, -0.25) is 0 Å². The summed E-state index contributed by atoms with van der Waals surface area (Å²) in [7, 11) is 1.95. The van der Waals surface area contributed by atoms with Gasteiger partial charge in [-0.15, -0.1) is 0 Å². The lowest BCUT2D eigenvalue weighted by atomic mass is 9.95. The molecule has 2 heterocycles. The first kappa shape index (κ1) is 14.6. The highest BCUT2D eigenvalue weighted by Crippen LogP contribution is 2.40. The number of anilines is 2. The highest BCUT2D eigenvalue weighted by atomic mass is 15.2. The molecule has 1 atom stereocenters. The Morgan fingerprint density at radius 2 is 1.90 bits per heavy atom. The van der Waals surface area contributed by atoms with E-state index in [2.05, 4.69) is 34.0 Å². The molecule has 0 spiro atoms. The van der Waals surface area contributed by atoms with E-state index in [-0.39, 0.29) is 0 Å². The first-order chi connectivity index (χ1) is 10.2. The van der Waals surface area contributed by atoms with Gasteiger partial charge in [-0.25, -0.2) is 9.97 Å². The lowest BCUT2D eigenvalue weighted by Crippen LogP contribution is -2.36. The Hall–Kier alpha value is -1.32. The molecule has 0 radical (unpaired) electrons. The van der Waals surface area contributed by atoms with E-state index in [9.17, 15) is 0 Å². The smallest absolute Gasteiger partial charge is 0.137 e. The lowest BCUT2D eigenvalue weighted by molar-refractivity contribution is 0.428. The topological polar surface area (TPSA) is 41.1 Å². The highest BCUT2D eigenvalue weighted by Gasteiger charge is 2.35. The van der Waals surface area contributed by atoms with Crippen LogP contribution >= 0.6 is 0 Å². The normalized spacial score (nSPS) is 23.2. The van der Waals surface area contributed by atoms with E-state index >= 15 is 0 Å². The van der Waals surface area contributed by atoms with Crippen molar-refractivity contribution in [1.29, 1.82) is 0 Å². The number of hydrogen-bond donors (Lipinski definition) is 1. The van der Waals surface area contributed by atoms with Crippen LogP contribution in [0.5, 0.6) is 0 Å². The monoisotopic (exact) mass is 288 g/mol. The van der Waals surface area contributed by atoms with Gasteiger partial charge in [0, 0.05) is 25.2 Å². The van der Waals surface area contributed by atoms with Crippen LogP contribution in [0.25, 0.3) is 0 Å². The predicted molar refractivity (Wildman–Crippen MR) is 88.0 cm³/mol. The molecule has 1 aromatic heterocycles. The van der Waals surface area contributed by atoms with Gasteiger partial charge in [0.2, 0.25) is 0 Å². The van der Waals surface area contributed by atoms with Gasteiger partial charge in [0.1, 0.15) is 18.0 Å². The molecule has 1 saturated heterocycles. The summed E-state index contributed by atoms with van der Waals surface area (Å²) in [4.78, 5) is 11.7. The van der Waals surface area contributed by atoms with Crippen LogP contribution in [0.1, 0.15) is 63.9 Å². The van der Waals surface area contributed by atoms with E-state index in [0.29, 0.717) is 12.0 Å². The zero-order valence-electron chi connectivity index (χ0n) is 13.6. The predicted octanol–water partition coefficient (Wildman–Crippen LogP) is 3.80. The van der Waals surface area contributed by atoms with E-state index in [0.717, 1.165) is 18.3 Å². The molecule has 1 unspecified atom stereocenters. The molecular weight excluding hydrogens is 260 g/mol. The molecule has 2 aliphatic rings. The SMILES string of the molecule is CNc1ncnc(N2CCCC2C2CCCC2)c1C(C)C. The molecule has 0 aromatic carbocycles. The van der Waals surface area contributed by atoms with Crippen molar-refractivity contribution in [2.75, 3.05) is 23.8 Å². The molecule has 4 heteroatoms. The van der Waals surface area contributed by atoms with E-state index in [1.54, 1.807) is 6.33 Å². The van der Waals surface area contributed by atoms with Gasteiger partial charge in [0.05, 0.1) is 0 Å². The number of rotatable bonds is 4. The average molecular weight is 288 g/mol. The van der Waals surface area contributed by atoms with Gasteiger partial charge >= 0.3 is 0 Å². The minimum atomic E-state index is 0.438. The standard InChI is InChI=1S/C17H28N4/c1-12(2)15-16(18-3)19-11-20-17(15)21-10-6-9-14(21)13-7-4-5-8-13/h11-14H,4-10H2,1-3H3,(H,18,19,20). The Kier molecular flexibility index (Phi) is 4.32. The molecule has 1 N–H and O–H groups in total.